The number of carboxylic acids is 1. The van der Waals surface area contributed by atoms with Crippen molar-refractivity contribution in [1.29, 1.82) is 0 Å². The Labute approximate surface area is 70.3 Å². The lowest BCUT2D eigenvalue weighted by molar-refractivity contribution is -0.192. The normalized spacial score (nSPS) is 15.4. The average Bonchev–Trinajstić information content (AvgIpc) is 2.38. The van der Waals surface area contributed by atoms with Gasteiger partial charge in [-0.15, -0.1) is 0 Å². The van der Waals surface area contributed by atoms with Crippen molar-refractivity contribution in [3.05, 3.63) is 12.5 Å². The molecule has 4 N–H and O–H groups in total. The van der Waals surface area contributed by atoms with Gasteiger partial charge in [0.1, 0.15) is 6.26 Å². The van der Waals surface area contributed by atoms with E-state index in [2.05, 4.69) is 10.3 Å². The molecule has 0 amide bonds. The summed E-state index contributed by atoms with van der Waals surface area (Å²) in [5.41, 5.74) is 2.53. The van der Waals surface area contributed by atoms with Crippen LogP contribution < -0.4 is 11.3 Å². The molecule has 1 aliphatic heterocycles. The third kappa shape index (κ3) is 5.75. The average molecular weight is 201 g/mol. The highest BCUT2D eigenvalue weighted by Gasteiger charge is 2.38. The van der Waals surface area contributed by atoms with Crippen LogP contribution in [0.5, 0.6) is 0 Å². The van der Waals surface area contributed by atoms with Crippen molar-refractivity contribution >= 4 is 5.97 Å². The monoisotopic (exact) mass is 201 g/mol. The first kappa shape index (κ1) is 11.5. The van der Waals surface area contributed by atoms with E-state index in [0.717, 1.165) is 5.28 Å². The summed E-state index contributed by atoms with van der Waals surface area (Å²) in [5, 5.41) is 8.12. The van der Waals surface area contributed by atoms with E-state index in [1.165, 1.54) is 6.26 Å². The zero-order valence-electron chi connectivity index (χ0n) is 6.08. The van der Waals surface area contributed by atoms with Gasteiger partial charge in [-0.05, 0) is 0 Å². The zero-order chi connectivity index (χ0) is 10.5. The quantitative estimate of drug-likeness (QED) is 0.467. The lowest BCUT2D eigenvalue weighted by Gasteiger charge is -2.02. The van der Waals surface area contributed by atoms with E-state index in [9.17, 15) is 13.2 Å². The van der Waals surface area contributed by atoms with Gasteiger partial charge >= 0.3 is 12.1 Å². The number of hydrazine groups is 2. The van der Waals surface area contributed by atoms with Crippen LogP contribution in [0.1, 0.15) is 0 Å². The molecule has 0 radical (unpaired) electrons. The summed E-state index contributed by atoms with van der Waals surface area (Å²) in [6.07, 6.45) is -2.06. The Kier molecular flexibility index (Phi) is 4.01. The topological polar surface area (TPSA) is 87.8 Å². The molecule has 9 heteroatoms. The number of hydrogen-bond acceptors (Lipinski definition) is 5. The van der Waals surface area contributed by atoms with E-state index in [4.69, 9.17) is 15.7 Å². The van der Waals surface area contributed by atoms with Crippen molar-refractivity contribution in [1.82, 2.24) is 10.7 Å². The number of aliphatic carboxylic acids is 1. The minimum atomic E-state index is -5.08. The summed E-state index contributed by atoms with van der Waals surface area (Å²) >= 11 is 0. The standard InChI is InChI=1S/C2HF3O2.C2H5N3O/c3-2(4,5)1(6)7;3-5-4-1-2-6-5/h(H,6,7);1-2,4H,3H2. The summed E-state index contributed by atoms with van der Waals surface area (Å²) in [6, 6.07) is 0. The third-order valence-electron chi connectivity index (χ3n) is 0.687. The van der Waals surface area contributed by atoms with E-state index >= 15 is 0 Å². The van der Waals surface area contributed by atoms with Gasteiger partial charge in [0.2, 0.25) is 0 Å². The van der Waals surface area contributed by atoms with Crippen molar-refractivity contribution < 1.29 is 27.9 Å². The molecule has 0 saturated carbocycles. The maximum atomic E-state index is 10.6. The van der Waals surface area contributed by atoms with E-state index in [1.54, 1.807) is 6.20 Å². The predicted molar refractivity (Wildman–Crippen MR) is 33.1 cm³/mol. The van der Waals surface area contributed by atoms with Crippen molar-refractivity contribution in [2.24, 2.45) is 5.84 Å². The minimum Gasteiger partial charge on any atom is -0.475 e. The second-order valence-corrected chi connectivity index (χ2v) is 1.67. The van der Waals surface area contributed by atoms with Gasteiger partial charge in [0, 0.05) is 5.28 Å². The van der Waals surface area contributed by atoms with Gasteiger partial charge in [0.25, 0.3) is 0 Å². The molecule has 1 rings (SSSR count). The number of hydrogen-bond donors (Lipinski definition) is 3. The lowest BCUT2D eigenvalue weighted by atomic mass is 10.7. The maximum absolute atomic E-state index is 10.6. The molecule has 0 bridgehead atoms. The molecule has 0 aromatic carbocycles. The number of nitrogens with one attached hydrogen (secondary N) is 1. The maximum Gasteiger partial charge on any atom is 0.490 e. The Morgan fingerprint density at radius 3 is 2.15 bits per heavy atom. The molecule has 0 aromatic rings. The number of halogens is 3. The molecule has 0 aliphatic carbocycles. The van der Waals surface area contributed by atoms with Crippen LogP contribution in [0.2, 0.25) is 0 Å². The first-order valence-electron chi connectivity index (χ1n) is 2.77. The fraction of sp³-hybridized carbons (Fsp3) is 0.250. The van der Waals surface area contributed by atoms with Gasteiger partial charge in [-0.2, -0.15) is 13.2 Å². The highest BCUT2D eigenvalue weighted by atomic mass is 19.4. The molecular weight excluding hydrogens is 195 g/mol. The summed E-state index contributed by atoms with van der Waals surface area (Å²) in [4.78, 5) is 13.4. The van der Waals surface area contributed by atoms with Gasteiger partial charge < -0.3 is 9.94 Å². The van der Waals surface area contributed by atoms with Crippen molar-refractivity contribution in [3.63, 3.8) is 0 Å². The van der Waals surface area contributed by atoms with E-state index in [0.29, 0.717) is 0 Å². The van der Waals surface area contributed by atoms with E-state index in [-0.39, 0.29) is 0 Å². The molecule has 1 aliphatic rings. The molecule has 76 valence electrons. The number of carboxylic acid groups (broad SMARTS) is 1. The van der Waals surface area contributed by atoms with Gasteiger partial charge in [0.05, 0.1) is 6.20 Å². The molecule has 0 spiro atoms. The number of rotatable bonds is 0. The first-order chi connectivity index (χ1) is 5.84. The van der Waals surface area contributed by atoms with Crippen molar-refractivity contribution in [2.45, 2.75) is 6.18 Å². The van der Waals surface area contributed by atoms with Crippen LogP contribution in [0.15, 0.2) is 12.5 Å². The van der Waals surface area contributed by atoms with Crippen LogP contribution in [0.25, 0.3) is 0 Å². The predicted octanol–water partition coefficient (Wildman–Crippen LogP) is -0.284. The lowest BCUT2D eigenvalue weighted by Crippen LogP contribution is -2.34. The summed E-state index contributed by atoms with van der Waals surface area (Å²) in [7, 11) is 0. The van der Waals surface area contributed by atoms with Crippen LogP contribution in [0, 0.1) is 0 Å². The highest BCUT2D eigenvalue weighted by molar-refractivity contribution is 5.73. The Morgan fingerprint density at radius 1 is 1.62 bits per heavy atom. The Balaban J connectivity index is 0.000000223. The SMILES string of the molecule is NN1NC=CO1.O=C(O)C(F)(F)F. The molecule has 0 aromatic heterocycles. The van der Waals surface area contributed by atoms with Crippen molar-refractivity contribution in [2.75, 3.05) is 0 Å². The summed E-state index contributed by atoms with van der Waals surface area (Å²) < 4.78 is 31.7. The molecule has 1 heterocycles. The van der Waals surface area contributed by atoms with E-state index < -0.39 is 12.1 Å². The van der Waals surface area contributed by atoms with Crippen molar-refractivity contribution in [3.8, 4) is 0 Å². The molecule has 0 unspecified atom stereocenters. The van der Waals surface area contributed by atoms with Crippen LogP contribution in [-0.4, -0.2) is 22.5 Å². The molecule has 0 saturated heterocycles. The van der Waals surface area contributed by atoms with Gasteiger partial charge in [-0.3, -0.25) is 5.43 Å². The number of nitrogens with two attached hydrogens (primary N) is 1. The fourth-order valence-electron chi connectivity index (χ4n) is 0.230. The molecule has 13 heavy (non-hydrogen) atoms. The van der Waals surface area contributed by atoms with Gasteiger partial charge in [-0.25, -0.2) is 10.6 Å². The second-order valence-electron chi connectivity index (χ2n) is 1.67. The molecular formula is C4H6F3N3O3. The number of carbonyl (C=O) groups is 1. The molecule has 6 nitrogen and oxygen atoms in total. The minimum absolute atomic E-state index is 1.00. The number of nitrogens with zero attached hydrogens (tertiary/aromatic N) is 1. The third-order valence-corrected chi connectivity index (χ3v) is 0.687. The van der Waals surface area contributed by atoms with Gasteiger partial charge in [0.15, 0.2) is 0 Å². The first-order valence-corrected chi connectivity index (χ1v) is 2.77. The van der Waals surface area contributed by atoms with Crippen LogP contribution in [0.3, 0.4) is 0 Å². The van der Waals surface area contributed by atoms with E-state index in [1.807, 2.05) is 0 Å². The summed E-state index contributed by atoms with van der Waals surface area (Å²) in [5.74, 6) is 2.22. The second kappa shape index (κ2) is 4.52. The Morgan fingerprint density at radius 2 is 2.08 bits per heavy atom. The van der Waals surface area contributed by atoms with Crippen LogP contribution >= 0.6 is 0 Å². The number of alkyl halides is 3. The van der Waals surface area contributed by atoms with Gasteiger partial charge in [-0.1, -0.05) is 0 Å². The van der Waals surface area contributed by atoms with Crippen LogP contribution in [0.4, 0.5) is 13.2 Å². The highest BCUT2D eigenvalue weighted by Crippen LogP contribution is 2.13. The summed E-state index contributed by atoms with van der Waals surface area (Å²) in [6.45, 7) is 0. The zero-order valence-corrected chi connectivity index (χ0v) is 6.08. The smallest absolute Gasteiger partial charge is 0.475 e. The molecule has 0 atom stereocenters. The Hall–Kier alpha value is -1.48. The fourth-order valence-corrected chi connectivity index (χ4v) is 0.230. The molecule has 0 fully saturated rings. The largest absolute Gasteiger partial charge is 0.490 e. The van der Waals surface area contributed by atoms with Crippen LogP contribution in [-0.2, 0) is 9.63 Å². The Bertz CT molecular complexity index is 197.